The smallest absolute Gasteiger partial charge is 0.0136 e. The minimum Gasteiger partial charge on any atom is -0.311 e. The Kier molecular flexibility index (Phi) is 0.963. The van der Waals surface area contributed by atoms with Gasteiger partial charge in [0.1, 0.15) is 0 Å². The van der Waals surface area contributed by atoms with Gasteiger partial charge < -0.3 is 5.32 Å². The minimum atomic E-state index is 0.592. The van der Waals surface area contributed by atoms with Gasteiger partial charge in [-0.15, -0.1) is 0 Å². The van der Waals surface area contributed by atoms with Gasteiger partial charge in [0.25, 0.3) is 0 Å². The van der Waals surface area contributed by atoms with Crippen LogP contribution in [0.25, 0.3) is 0 Å². The largest absolute Gasteiger partial charge is 0.311 e. The maximum atomic E-state index is 3.57. The third-order valence-corrected chi connectivity index (χ3v) is 3.04. The highest BCUT2D eigenvalue weighted by Gasteiger charge is 2.43. The molecule has 3 aliphatic rings. The lowest BCUT2D eigenvalue weighted by atomic mass is 9.66. The van der Waals surface area contributed by atoms with Crippen molar-refractivity contribution in [2.75, 3.05) is 0 Å². The predicted molar refractivity (Wildman–Crippen MR) is 38.3 cm³/mol. The molecule has 1 heteroatoms. The molecule has 0 aromatic heterocycles. The van der Waals surface area contributed by atoms with Crippen LogP contribution in [0.15, 0.2) is 0 Å². The Balaban J connectivity index is 2.10. The molecular formula is C8H15N. The average molecular weight is 125 g/mol. The molecule has 2 atom stereocenters. The van der Waals surface area contributed by atoms with Crippen LogP contribution in [0, 0.1) is 5.41 Å². The van der Waals surface area contributed by atoms with Gasteiger partial charge in [-0.3, -0.25) is 0 Å². The first-order valence-corrected chi connectivity index (χ1v) is 3.94. The van der Waals surface area contributed by atoms with E-state index in [-0.39, 0.29) is 0 Å². The summed E-state index contributed by atoms with van der Waals surface area (Å²) in [4.78, 5) is 0. The first kappa shape index (κ1) is 5.72. The number of nitrogens with one attached hydrogen (secondary N) is 1. The molecular weight excluding hydrogens is 110 g/mol. The van der Waals surface area contributed by atoms with Crippen LogP contribution in [0.5, 0.6) is 0 Å². The lowest BCUT2D eigenvalue weighted by molar-refractivity contribution is 0.0495. The second-order valence-electron chi connectivity index (χ2n) is 4.18. The van der Waals surface area contributed by atoms with E-state index in [9.17, 15) is 0 Å². The predicted octanol–water partition coefficient (Wildman–Crippen LogP) is 1.54. The fraction of sp³-hybridized carbons (Fsp3) is 1.00. The van der Waals surface area contributed by atoms with Gasteiger partial charge in [-0.05, 0) is 24.7 Å². The highest BCUT2D eigenvalue weighted by atomic mass is 15.1. The second kappa shape index (κ2) is 1.51. The van der Waals surface area contributed by atoms with Gasteiger partial charge in [0.05, 0.1) is 0 Å². The maximum absolute atomic E-state index is 3.57. The lowest BCUT2D eigenvalue weighted by Gasteiger charge is -2.53. The molecule has 3 rings (SSSR count). The summed E-state index contributed by atoms with van der Waals surface area (Å²) in [5.41, 5.74) is 0.592. The Bertz CT molecular complexity index is 120. The molecule has 3 fully saturated rings. The van der Waals surface area contributed by atoms with Crippen LogP contribution in [0.1, 0.15) is 33.1 Å². The van der Waals surface area contributed by atoms with E-state index < -0.39 is 0 Å². The van der Waals surface area contributed by atoms with Crippen molar-refractivity contribution in [1.29, 1.82) is 0 Å². The Labute approximate surface area is 56.8 Å². The van der Waals surface area contributed by atoms with Gasteiger partial charge in [0.2, 0.25) is 0 Å². The van der Waals surface area contributed by atoms with Crippen molar-refractivity contribution in [1.82, 2.24) is 5.32 Å². The summed E-state index contributed by atoms with van der Waals surface area (Å²) in [5.74, 6) is 0. The van der Waals surface area contributed by atoms with E-state index in [1.165, 1.54) is 19.3 Å². The van der Waals surface area contributed by atoms with Crippen LogP contribution >= 0.6 is 0 Å². The molecule has 9 heavy (non-hydrogen) atoms. The monoisotopic (exact) mass is 125 g/mol. The van der Waals surface area contributed by atoms with E-state index in [1.54, 1.807) is 0 Å². The fourth-order valence-corrected chi connectivity index (χ4v) is 2.01. The molecule has 2 heterocycles. The first-order valence-electron chi connectivity index (χ1n) is 3.94. The molecule has 2 bridgehead atoms. The minimum absolute atomic E-state index is 0.592. The van der Waals surface area contributed by atoms with E-state index in [0.29, 0.717) is 5.41 Å². The fourth-order valence-electron chi connectivity index (χ4n) is 2.01. The number of piperidine rings is 1. The van der Waals surface area contributed by atoms with Crippen molar-refractivity contribution in [3.8, 4) is 0 Å². The number of rotatable bonds is 0. The number of hydrogen-bond donors (Lipinski definition) is 1. The molecule has 0 aromatic carbocycles. The SMILES string of the molecule is CC1(C)CCC2CC1N2. The molecule has 2 unspecified atom stereocenters. The molecule has 1 aliphatic carbocycles. The van der Waals surface area contributed by atoms with E-state index in [4.69, 9.17) is 0 Å². The summed E-state index contributed by atoms with van der Waals surface area (Å²) in [7, 11) is 0. The first-order chi connectivity index (χ1) is 4.18. The summed E-state index contributed by atoms with van der Waals surface area (Å²) in [6, 6.07) is 1.74. The quantitative estimate of drug-likeness (QED) is 0.518. The molecule has 0 radical (unpaired) electrons. The van der Waals surface area contributed by atoms with Crippen LogP contribution in [-0.2, 0) is 0 Å². The Morgan fingerprint density at radius 1 is 1.44 bits per heavy atom. The topological polar surface area (TPSA) is 12.0 Å². The summed E-state index contributed by atoms with van der Waals surface area (Å²) in [6.07, 6.45) is 4.27. The zero-order chi connectivity index (χ0) is 6.48. The Morgan fingerprint density at radius 3 is 2.33 bits per heavy atom. The maximum Gasteiger partial charge on any atom is 0.0136 e. The van der Waals surface area contributed by atoms with Gasteiger partial charge in [-0.25, -0.2) is 0 Å². The van der Waals surface area contributed by atoms with Crippen LogP contribution in [0.3, 0.4) is 0 Å². The van der Waals surface area contributed by atoms with Crippen molar-refractivity contribution in [2.45, 2.75) is 45.2 Å². The summed E-state index contributed by atoms with van der Waals surface area (Å²) < 4.78 is 0. The number of hydrogen-bond acceptors (Lipinski definition) is 1. The molecule has 1 nitrogen and oxygen atoms in total. The summed E-state index contributed by atoms with van der Waals surface area (Å²) >= 11 is 0. The molecule has 52 valence electrons. The van der Waals surface area contributed by atoms with Gasteiger partial charge in [-0.2, -0.15) is 0 Å². The van der Waals surface area contributed by atoms with Gasteiger partial charge in [0.15, 0.2) is 0 Å². The van der Waals surface area contributed by atoms with Crippen LogP contribution in [0.2, 0.25) is 0 Å². The third-order valence-electron chi connectivity index (χ3n) is 3.04. The molecule has 0 amide bonds. The molecule has 0 spiro atoms. The van der Waals surface area contributed by atoms with E-state index in [0.717, 1.165) is 12.1 Å². The normalized spacial score (nSPS) is 46.0. The van der Waals surface area contributed by atoms with Gasteiger partial charge in [0, 0.05) is 12.1 Å². The molecule has 2 aliphatic heterocycles. The molecule has 2 saturated heterocycles. The summed E-state index contributed by atoms with van der Waals surface area (Å²) in [5, 5.41) is 3.57. The third kappa shape index (κ3) is 0.710. The Hall–Kier alpha value is -0.0400. The highest BCUT2D eigenvalue weighted by molar-refractivity contribution is 5.02. The Morgan fingerprint density at radius 2 is 2.11 bits per heavy atom. The highest BCUT2D eigenvalue weighted by Crippen LogP contribution is 2.41. The van der Waals surface area contributed by atoms with Gasteiger partial charge in [-0.1, -0.05) is 13.8 Å². The van der Waals surface area contributed by atoms with E-state index in [2.05, 4.69) is 19.2 Å². The van der Waals surface area contributed by atoms with Crippen molar-refractivity contribution in [2.24, 2.45) is 5.41 Å². The van der Waals surface area contributed by atoms with Crippen LogP contribution < -0.4 is 5.32 Å². The average Bonchev–Trinajstić information content (AvgIpc) is 1.58. The van der Waals surface area contributed by atoms with E-state index >= 15 is 0 Å². The van der Waals surface area contributed by atoms with Crippen LogP contribution in [-0.4, -0.2) is 12.1 Å². The molecule has 0 aromatic rings. The summed E-state index contributed by atoms with van der Waals surface area (Å²) in [6.45, 7) is 4.75. The van der Waals surface area contributed by atoms with Crippen molar-refractivity contribution < 1.29 is 0 Å². The van der Waals surface area contributed by atoms with Crippen molar-refractivity contribution >= 4 is 0 Å². The van der Waals surface area contributed by atoms with Gasteiger partial charge >= 0.3 is 0 Å². The van der Waals surface area contributed by atoms with Crippen molar-refractivity contribution in [3.05, 3.63) is 0 Å². The van der Waals surface area contributed by atoms with E-state index in [1.807, 2.05) is 0 Å². The second-order valence-corrected chi connectivity index (χ2v) is 4.18. The zero-order valence-electron chi connectivity index (χ0n) is 6.28. The van der Waals surface area contributed by atoms with Crippen molar-refractivity contribution in [3.63, 3.8) is 0 Å². The zero-order valence-corrected chi connectivity index (χ0v) is 6.28. The molecule has 1 N–H and O–H groups in total. The number of fused-ring (bicyclic) bond motifs is 2. The lowest BCUT2D eigenvalue weighted by Crippen LogP contribution is -2.63. The van der Waals surface area contributed by atoms with Crippen LogP contribution in [0.4, 0.5) is 0 Å². The standard InChI is InChI=1S/C8H15N/c1-8(2)4-3-6-5-7(8)9-6/h6-7,9H,3-5H2,1-2H3. The molecule has 1 saturated carbocycles.